The van der Waals surface area contributed by atoms with Gasteiger partial charge < -0.3 is 10.6 Å². The summed E-state index contributed by atoms with van der Waals surface area (Å²) < 4.78 is 0.289. The number of amides is 1. The van der Waals surface area contributed by atoms with Crippen molar-refractivity contribution in [2.75, 3.05) is 18.8 Å². The zero-order chi connectivity index (χ0) is 12.3. The number of hydrogen-bond donors (Lipinski definition) is 1. The van der Waals surface area contributed by atoms with Crippen molar-refractivity contribution >= 4 is 17.7 Å². The second-order valence-corrected chi connectivity index (χ2v) is 7.26. The Balaban J connectivity index is 2.58. The van der Waals surface area contributed by atoms with E-state index in [9.17, 15) is 4.79 Å². The van der Waals surface area contributed by atoms with Gasteiger partial charge in [-0.25, -0.2) is 0 Å². The van der Waals surface area contributed by atoms with Crippen LogP contribution < -0.4 is 5.73 Å². The van der Waals surface area contributed by atoms with Gasteiger partial charge in [-0.1, -0.05) is 27.7 Å². The summed E-state index contributed by atoms with van der Waals surface area (Å²) in [6.07, 6.45) is 1.05. The van der Waals surface area contributed by atoms with Crippen molar-refractivity contribution in [2.24, 2.45) is 11.7 Å². The fourth-order valence-corrected chi connectivity index (χ4v) is 2.84. The largest absolute Gasteiger partial charge is 0.340 e. The van der Waals surface area contributed by atoms with Crippen LogP contribution >= 0.6 is 11.8 Å². The molecule has 0 aromatic heterocycles. The van der Waals surface area contributed by atoms with Gasteiger partial charge in [-0.3, -0.25) is 4.79 Å². The molecular formula is C12H24N2OS. The van der Waals surface area contributed by atoms with Crippen LogP contribution in [0.3, 0.4) is 0 Å². The average molecular weight is 244 g/mol. The monoisotopic (exact) mass is 244 g/mol. The van der Waals surface area contributed by atoms with Gasteiger partial charge in [-0.2, -0.15) is 11.8 Å². The number of rotatable bonds is 2. The zero-order valence-corrected chi connectivity index (χ0v) is 11.6. The molecule has 0 unspecified atom stereocenters. The molecule has 1 atom stereocenters. The number of thioether (sulfide) groups is 1. The summed E-state index contributed by atoms with van der Waals surface area (Å²) in [5.74, 6) is 1.36. The summed E-state index contributed by atoms with van der Waals surface area (Å²) in [4.78, 5) is 14.0. The third-order valence-corrected chi connectivity index (χ3v) is 4.53. The van der Waals surface area contributed by atoms with Crippen molar-refractivity contribution in [2.45, 2.75) is 44.9 Å². The highest BCUT2D eigenvalue weighted by atomic mass is 32.2. The standard InChI is InChI=1S/C12H24N2OS/c1-9(2)10(13)11(15)14-6-5-12(3,4)16-8-7-14/h9-10H,5-8,13H2,1-4H3/t10-/m1/s1. The highest BCUT2D eigenvalue weighted by Gasteiger charge is 2.29. The van der Waals surface area contributed by atoms with E-state index in [1.807, 2.05) is 30.5 Å². The van der Waals surface area contributed by atoms with E-state index in [2.05, 4.69) is 13.8 Å². The zero-order valence-electron chi connectivity index (χ0n) is 10.8. The van der Waals surface area contributed by atoms with Gasteiger partial charge in [0.1, 0.15) is 0 Å². The van der Waals surface area contributed by atoms with E-state index in [0.29, 0.717) is 0 Å². The SMILES string of the molecule is CC(C)[C@@H](N)C(=O)N1CCSC(C)(C)CC1. The number of nitrogens with two attached hydrogens (primary N) is 1. The molecule has 0 aromatic rings. The van der Waals surface area contributed by atoms with E-state index >= 15 is 0 Å². The molecular weight excluding hydrogens is 220 g/mol. The topological polar surface area (TPSA) is 46.3 Å². The minimum Gasteiger partial charge on any atom is -0.340 e. The first-order valence-corrected chi connectivity index (χ1v) is 7.00. The molecule has 0 spiro atoms. The lowest BCUT2D eigenvalue weighted by Gasteiger charge is -2.26. The highest BCUT2D eigenvalue weighted by molar-refractivity contribution is 8.00. The van der Waals surface area contributed by atoms with Crippen molar-refractivity contribution in [1.82, 2.24) is 4.90 Å². The summed E-state index contributed by atoms with van der Waals surface area (Å²) in [5.41, 5.74) is 5.91. The minimum atomic E-state index is -0.341. The van der Waals surface area contributed by atoms with Crippen LogP contribution in [0.4, 0.5) is 0 Å². The van der Waals surface area contributed by atoms with E-state index in [-0.39, 0.29) is 22.6 Å². The van der Waals surface area contributed by atoms with Crippen molar-refractivity contribution in [3.05, 3.63) is 0 Å². The summed E-state index contributed by atoms with van der Waals surface area (Å²) in [6.45, 7) is 10.2. The Bertz CT molecular complexity index is 253. The first-order valence-electron chi connectivity index (χ1n) is 6.02. The maximum atomic E-state index is 12.1. The molecule has 2 N–H and O–H groups in total. The van der Waals surface area contributed by atoms with Crippen LogP contribution in [-0.2, 0) is 4.79 Å². The van der Waals surface area contributed by atoms with Gasteiger partial charge in [0.05, 0.1) is 6.04 Å². The van der Waals surface area contributed by atoms with Gasteiger partial charge in [-0.15, -0.1) is 0 Å². The van der Waals surface area contributed by atoms with Crippen LogP contribution in [0.25, 0.3) is 0 Å². The first kappa shape index (κ1) is 13.8. The lowest BCUT2D eigenvalue weighted by molar-refractivity contribution is -0.133. The van der Waals surface area contributed by atoms with Gasteiger partial charge in [-0.05, 0) is 12.3 Å². The minimum absolute atomic E-state index is 0.119. The Kier molecular flexibility index (Phi) is 4.68. The lowest BCUT2D eigenvalue weighted by atomic mass is 10.0. The van der Waals surface area contributed by atoms with Crippen LogP contribution in [0.2, 0.25) is 0 Å². The van der Waals surface area contributed by atoms with Gasteiger partial charge in [0, 0.05) is 23.6 Å². The lowest BCUT2D eigenvalue weighted by Crippen LogP contribution is -2.47. The quantitative estimate of drug-likeness (QED) is 0.804. The molecule has 3 nitrogen and oxygen atoms in total. The van der Waals surface area contributed by atoms with E-state index in [1.54, 1.807) is 0 Å². The summed E-state index contributed by atoms with van der Waals surface area (Å²) in [6, 6.07) is -0.341. The van der Waals surface area contributed by atoms with E-state index in [0.717, 1.165) is 25.3 Å². The molecule has 1 saturated heterocycles. The van der Waals surface area contributed by atoms with E-state index < -0.39 is 0 Å². The Morgan fingerprint density at radius 1 is 1.38 bits per heavy atom. The van der Waals surface area contributed by atoms with Gasteiger partial charge in [0.15, 0.2) is 0 Å². The van der Waals surface area contributed by atoms with Crippen LogP contribution in [0, 0.1) is 5.92 Å². The van der Waals surface area contributed by atoms with Crippen molar-refractivity contribution in [3.8, 4) is 0 Å². The summed E-state index contributed by atoms with van der Waals surface area (Å²) >= 11 is 1.95. The van der Waals surface area contributed by atoms with Crippen LogP contribution in [-0.4, -0.2) is 40.4 Å². The average Bonchev–Trinajstić information content (AvgIpc) is 2.37. The molecule has 0 aromatic carbocycles. The number of carbonyl (C=O) groups excluding carboxylic acids is 1. The summed E-state index contributed by atoms with van der Waals surface area (Å²) in [5, 5.41) is 0. The molecule has 4 heteroatoms. The molecule has 0 radical (unpaired) electrons. The fourth-order valence-electron chi connectivity index (χ4n) is 1.74. The van der Waals surface area contributed by atoms with E-state index in [4.69, 9.17) is 5.73 Å². The molecule has 0 bridgehead atoms. The normalized spacial score (nSPS) is 23.0. The Morgan fingerprint density at radius 2 is 2.00 bits per heavy atom. The fraction of sp³-hybridized carbons (Fsp3) is 0.917. The molecule has 0 aliphatic carbocycles. The molecule has 16 heavy (non-hydrogen) atoms. The third-order valence-electron chi connectivity index (χ3n) is 3.15. The molecule has 94 valence electrons. The van der Waals surface area contributed by atoms with Crippen molar-refractivity contribution in [3.63, 3.8) is 0 Å². The van der Waals surface area contributed by atoms with Crippen LogP contribution in [0.15, 0.2) is 0 Å². The first-order chi connectivity index (χ1) is 7.33. The second-order valence-electron chi connectivity index (χ2n) is 5.45. The number of carbonyl (C=O) groups is 1. The van der Waals surface area contributed by atoms with Crippen molar-refractivity contribution in [1.29, 1.82) is 0 Å². The van der Waals surface area contributed by atoms with Crippen LogP contribution in [0.5, 0.6) is 0 Å². The molecule has 1 aliphatic heterocycles. The number of nitrogens with zero attached hydrogens (tertiary/aromatic N) is 1. The Labute approximate surface area is 103 Å². The van der Waals surface area contributed by atoms with Gasteiger partial charge in [0.2, 0.25) is 5.91 Å². The molecule has 1 aliphatic rings. The van der Waals surface area contributed by atoms with Crippen molar-refractivity contribution < 1.29 is 4.79 Å². The molecule has 1 amide bonds. The number of hydrogen-bond acceptors (Lipinski definition) is 3. The Morgan fingerprint density at radius 3 is 2.56 bits per heavy atom. The second kappa shape index (κ2) is 5.41. The smallest absolute Gasteiger partial charge is 0.239 e. The maximum Gasteiger partial charge on any atom is 0.239 e. The van der Waals surface area contributed by atoms with Crippen LogP contribution in [0.1, 0.15) is 34.1 Å². The van der Waals surface area contributed by atoms with E-state index in [1.165, 1.54) is 0 Å². The third kappa shape index (κ3) is 3.67. The molecule has 1 heterocycles. The highest BCUT2D eigenvalue weighted by Crippen LogP contribution is 2.30. The maximum absolute atomic E-state index is 12.1. The van der Waals surface area contributed by atoms with Gasteiger partial charge in [0.25, 0.3) is 0 Å². The Hall–Kier alpha value is -0.220. The molecule has 1 fully saturated rings. The summed E-state index contributed by atoms with van der Waals surface area (Å²) in [7, 11) is 0. The molecule has 1 rings (SSSR count). The van der Waals surface area contributed by atoms with Gasteiger partial charge >= 0.3 is 0 Å². The molecule has 0 saturated carbocycles. The predicted molar refractivity (Wildman–Crippen MR) is 70.5 cm³/mol. The predicted octanol–water partition coefficient (Wildman–Crippen LogP) is 1.71.